The second kappa shape index (κ2) is 4.93. The number of aromatic amines is 1. The summed E-state index contributed by atoms with van der Waals surface area (Å²) in [5.74, 6) is -4.47. The van der Waals surface area contributed by atoms with Crippen molar-refractivity contribution in [3.8, 4) is 17.3 Å². The Labute approximate surface area is 119 Å². The quantitative estimate of drug-likeness (QED) is 0.732. The van der Waals surface area contributed by atoms with E-state index in [0.29, 0.717) is 11.8 Å². The molecule has 4 nitrogen and oxygen atoms in total. The van der Waals surface area contributed by atoms with Gasteiger partial charge in [-0.3, -0.25) is 4.98 Å². The van der Waals surface area contributed by atoms with E-state index in [1.165, 1.54) is 6.20 Å². The summed E-state index contributed by atoms with van der Waals surface area (Å²) in [6, 6.07) is 5.52. The molecule has 2 aromatic heterocycles. The third-order valence-electron chi connectivity index (χ3n) is 2.75. The van der Waals surface area contributed by atoms with Crippen molar-refractivity contribution >= 4 is 11.0 Å². The SMILES string of the molecule is Fc1cc2[nH]c(-c3ccccn3)nc2c(F)c1OC(F)(F)F. The molecule has 22 heavy (non-hydrogen) atoms. The molecule has 0 spiro atoms. The highest BCUT2D eigenvalue weighted by atomic mass is 19.4. The zero-order valence-electron chi connectivity index (χ0n) is 10.6. The number of nitrogens with one attached hydrogen (secondary N) is 1. The second-order valence-electron chi connectivity index (χ2n) is 4.25. The van der Waals surface area contributed by atoms with Crippen molar-refractivity contribution in [2.45, 2.75) is 6.36 Å². The van der Waals surface area contributed by atoms with Gasteiger partial charge in [-0.2, -0.15) is 0 Å². The van der Waals surface area contributed by atoms with Gasteiger partial charge >= 0.3 is 6.36 Å². The van der Waals surface area contributed by atoms with Crippen LogP contribution in [0.1, 0.15) is 0 Å². The van der Waals surface area contributed by atoms with Crippen LogP contribution in [-0.2, 0) is 0 Å². The maximum atomic E-state index is 14.0. The third kappa shape index (κ3) is 2.57. The number of nitrogens with zero attached hydrogens (tertiary/aromatic N) is 2. The predicted molar refractivity (Wildman–Crippen MR) is 65.9 cm³/mol. The van der Waals surface area contributed by atoms with Gasteiger partial charge in [0.15, 0.2) is 17.5 Å². The van der Waals surface area contributed by atoms with Crippen LogP contribution in [0, 0.1) is 11.6 Å². The van der Waals surface area contributed by atoms with Crippen molar-refractivity contribution in [1.82, 2.24) is 15.0 Å². The van der Waals surface area contributed by atoms with E-state index in [-0.39, 0.29) is 11.3 Å². The number of hydrogen-bond acceptors (Lipinski definition) is 3. The lowest BCUT2D eigenvalue weighted by Gasteiger charge is -2.10. The van der Waals surface area contributed by atoms with Crippen LogP contribution >= 0.6 is 0 Å². The summed E-state index contributed by atoms with van der Waals surface area (Å²) in [6.07, 6.45) is -3.76. The summed E-state index contributed by atoms with van der Waals surface area (Å²) in [5, 5.41) is 0. The van der Waals surface area contributed by atoms with E-state index in [9.17, 15) is 22.0 Å². The highest BCUT2D eigenvalue weighted by molar-refractivity contribution is 5.81. The van der Waals surface area contributed by atoms with E-state index in [2.05, 4.69) is 19.7 Å². The largest absolute Gasteiger partial charge is 0.573 e. The van der Waals surface area contributed by atoms with Crippen LogP contribution in [-0.4, -0.2) is 21.3 Å². The van der Waals surface area contributed by atoms with E-state index in [1.807, 2.05) is 0 Å². The van der Waals surface area contributed by atoms with Crippen LogP contribution in [0.5, 0.6) is 5.75 Å². The Bertz CT molecular complexity index is 829. The smallest absolute Gasteiger partial charge is 0.399 e. The minimum Gasteiger partial charge on any atom is -0.399 e. The van der Waals surface area contributed by atoms with E-state index in [0.717, 1.165) is 0 Å². The van der Waals surface area contributed by atoms with Crippen molar-refractivity contribution in [1.29, 1.82) is 0 Å². The fraction of sp³-hybridized carbons (Fsp3) is 0.0769. The topological polar surface area (TPSA) is 50.8 Å². The Kier molecular flexibility index (Phi) is 3.19. The molecule has 0 amide bonds. The fourth-order valence-corrected chi connectivity index (χ4v) is 1.90. The molecule has 0 fully saturated rings. The van der Waals surface area contributed by atoms with Gasteiger partial charge in [0, 0.05) is 12.3 Å². The number of halogens is 5. The van der Waals surface area contributed by atoms with Crippen LogP contribution in [0.3, 0.4) is 0 Å². The molecular weight excluding hydrogens is 309 g/mol. The molecule has 0 aliphatic rings. The molecule has 3 rings (SSSR count). The summed E-state index contributed by atoms with van der Waals surface area (Å²) in [4.78, 5) is 10.4. The highest BCUT2D eigenvalue weighted by Crippen LogP contribution is 2.33. The van der Waals surface area contributed by atoms with Gasteiger partial charge in [0.1, 0.15) is 11.2 Å². The average Bonchev–Trinajstić information content (AvgIpc) is 2.87. The van der Waals surface area contributed by atoms with Crippen molar-refractivity contribution in [3.63, 3.8) is 0 Å². The molecule has 1 N–H and O–H groups in total. The number of hydrogen-bond donors (Lipinski definition) is 1. The Morgan fingerprint density at radius 1 is 1.14 bits per heavy atom. The Balaban J connectivity index is 2.15. The van der Waals surface area contributed by atoms with E-state index in [4.69, 9.17) is 0 Å². The Morgan fingerprint density at radius 2 is 1.91 bits per heavy atom. The van der Waals surface area contributed by atoms with Crippen molar-refractivity contribution in [2.24, 2.45) is 0 Å². The molecule has 0 atom stereocenters. The van der Waals surface area contributed by atoms with Crippen LogP contribution in [0.25, 0.3) is 22.6 Å². The molecule has 9 heteroatoms. The van der Waals surface area contributed by atoms with E-state index in [1.54, 1.807) is 18.2 Å². The van der Waals surface area contributed by atoms with E-state index < -0.39 is 29.3 Å². The molecule has 0 aliphatic carbocycles. The second-order valence-corrected chi connectivity index (χ2v) is 4.25. The molecule has 2 heterocycles. The molecular formula is C13H6F5N3O. The van der Waals surface area contributed by atoms with Crippen LogP contribution in [0.4, 0.5) is 22.0 Å². The number of ether oxygens (including phenoxy) is 1. The number of imidazole rings is 1. The van der Waals surface area contributed by atoms with Crippen LogP contribution < -0.4 is 4.74 Å². The first kappa shape index (κ1) is 14.2. The molecule has 0 saturated carbocycles. The number of pyridine rings is 1. The van der Waals surface area contributed by atoms with Gasteiger partial charge < -0.3 is 9.72 Å². The zero-order valence-corrected chi connectivity index (χ0v) is 10.6. The number of alkyl halides is 3. The fourth-order valence-electron chi connectivity index (χ4n) is 1.90. The molecule has 0 saturated heterocycles. The molecule has 3 aromatic rings. The summed E-state index contributed by atoms with van der Waals surface area (Å²) in [6.45, 7) is 0. The molecule has 114 valence electrons. The summed E-state index contributed by atoms with van der Waals surface area (Å²) < 4.78 is 67.5. The standard InChI is InChI=1S/C13H6F5N3O/c14-6-5-8-10(9(15)11(6)22-13(16,17)18)21-12(20-8)7-3-1-2-4-19-7/h1-5H,(H,20,21). The number of benzene rings is 1. The predicted octanol–water partition coefficient (Wildman–Crippen LogP) is 3.80. The summed E-state index contributed by atoms with van der Waals surface area (Å²) in [5.41, 5.74) is -0.247. The summed E-state index contributed by atoms with van der Waals surface area (Å²) in [7, 11) is 0. The number of rotatable bonds is 2. The van der Waals surface area contributed by atoms with Gasteiger partial charge in [0.25, 0.3) is 0 Å². The number of fused-ring (bicyclic) bond motifs is 1. The van der Waals surface area contributed by atoms with Gasteiger partial charge in [-0.15, -0.1) is 13.2 Å². The molecule has 1 aromatic carbocycles. The maximum Gasteiger partial charge on any atom is 0.573 e. The molecule has 0 bridgehead atoms. The lowest BCUT2D eigenvalue weighted by Crippen LogP contribution is -2.19. The minimum atomic E-state index is -5.21. The van der Waals surface area contributed by atoms with Crippen molar-refractivity contribution in [3.05, 3.63) is 42.1 Å². The molecule has 0 unspecified atom stereocenters. The first-order valence-corrected chi connectivity index (χ1v) is 5.90. The summed E-state index contributed by atoms with van der Waals surface area (Å²) >= 11 is 0. The van der Waals surface area contributed by atoms with Crippen molar-refractivity contribution < 1.29 is 26.7 Å². The molecule has 0 aliphatic heterocycles. The highest BCUT2D eigenvalue weighted by Gasteiger charge is 2.35. The number of H-pyrrole nitrogens is 1. The normalized spacial score (nSPS) is 11.9. The number of aromatic nitrogens is 3. The van der Waals surface area contributed by atoms with Gasteiger partial charge in [-0.1, -0.05) is 6.07 Å². The van der Waals surface area contributed by atoms with Gasteiger partial charge in [0.05, 0.1) is 5.52 Å². The maximum absolute atomic E-state index is 14.0. The Hall–Kier alpha value is -2.71. The lowest BCUT2D eigenvalue weighted by atomic mass is 10.2. The zero-order chi connectivity index (χ0) is 15.9. The molecule has 0 radical (unpaired) electrons. The monoisotopic (exact) mass is 315 g/mol. The van der Waals surface area contributed by atoms with E-state index >= 15 is 0 Å². The first-order valence-electron chi connectivity index (χ1n) is 5.90. The van der Waals surface area contributed by atoms with Gasteiger partial charge in [-0.05, 0) is 12.1 Å². The van der Waals surface area contributed by atoms with Gasteiger partial charge in [-0.25, -0.2) is 13.8 Å². The van der Waals surface area contributed by atoms with Crippen LogP contribution in [0.15, 0.2) is 30.5 Å². The lowest BCUT2D eigenvalue weighted by molar-refractivity contribution is -0.276. The van der Waals surface area contributed by atoms with Crippen molar-refractivity contribution in [2.75, 3.05) is 0 Å². The Morgan fingerprint density at radius 3 is 2.55 bits per heavy atom. The van der Waals surface area contributed by atoms with Crippen LogP contribution in [0.2, 0.25) is 0 Å². The third-order valence-corrected chi connectivity index (χ3v) is 2.75. The van der Waals surface area contributed by atoms with Gasteiger partial charge in [0.2, 0.25) is 5.75 Å². The first-order chi connectivity index (χ1) is 10.3. The minimum absolute atomic E-state index is 0.0954. The average molecular weight is 315 g/mol.